The van der Waals surface area contributed by atoms with Gasteiger partial charge >= 0.3 is 0 Å². The van der Waals surface area contributed by atoms with Crippen LogP contribution in [0.5, 0.6) is 11.5 Å². The smallest absolute Gasteiger partial charge is 0.227 e. The molecule has 1 aromatic carbocycles. The van der Waals surface area contributed by atoms with Gasteiger partial charge in [0.15, 0.2) is 5.82 Å². The lowest BCUT2D eigenvalue weighted by Crippen LogP contribution is -2.34. The van der Waals surface area contributed by atoms with E-state index >= 15 is 0 Å². The molecule has 2 aromatic rings. The van der Waals surface area contributed by atoms with Crippen LogP contribution in [-0.4, -0.2) is 24.4 Å². The number of nitrogens with two attached hydrogens (primary N) is 1. The van der Waals surface area contributed by atoms with Crippen LogP contribution in [0.25, 0.3) is 0 Å². The molecule has 6 nitrogen and oxygen atoms in total. The fourth-order valence-corrected chi connectivity index (χ4v) is 3.05. The first-order chi connectivity index (χ1) is 11.1. The third-order valence-electron chi connectivity index (χ3n) is 4.45. The lowest BCUT2D eigenvalue weighted by Gasteiger charge is -2.17. The molecule has 3 rings (SSSR count). The Bertz CT molecular complexity index is 641. The zero-order valence-electron chi connectivity index (χ0n) is 13.7. The van der Waals surface area contributed by atoms with Gasteiger partial charge in [0.05, 0.1) is 19.8 Å². The molecule has 23 heavy (non-hydrogen) atoms. The Balaban J connectivity index is 1.68. The van der Waals surface area contributed by atoms with E-state index in [1.807, 2.05) is 18.2 Å². The standard InChI is InChI=1S/C17H23N3O3/c1-21-13-9-12(10-14(11-13)22-2)5-6-15-19-16(20-23-15)17(18)7-3-4-8-17/h9-11H,3-8,18H2,1-2H3. The number of methoxy groups -OCH3 is 2. The molecule has 1 fully saturated rings. The number of ether oxygens (including phenoxy) is 2. The van der Waals surface area contributed by atoms with Crippen molar-refractivity contribution in [1.29, 1.82) is 0 Å². The molecular weight excluding hydrogens is 294 g/mol. The molecule has 0 radical (unpaired) electrons. The third-order valence-corrected chi connectivity index (χ3v) is 4.45. The lowest BCUT2D eigenvalue weighted by atomic mass is 9.99. The van der Waals surface area contributed by atoms with Crippen molar-refractivity contribution >= 4 is 0 Å². The molecule has 0 atom stereocenters. The maximum atomic E-state index is 6.36. The minimum Gasteiger partial charge on any atom is -0.497 e. The van der Waals surface area contributed by atoms with Crippen molar-refractivity contribution in [2.24, 2.45) is 5.73 Å². The molecule has 1 aliphatic rings. The van der Waals surface area contributed by atoms with E-state index in [4.69, 9.17) is 19.7 Å². The van der Waals surface area contributed by atoms with Gasteiger partial charge in [-0.05, 0) is 37.0 Å². The van der Waals surface area contributed by atoms with Crippen LogP contribution in [0.1, 0.15) is 43.0 Å². The van der Waals surface area contributed by atoms with Crippen LogP contribution >= 0.6 is 0 Å². The van der Waals surface area contributed by atoms with Crippen LogP contribution in [0.4, 0.5) is 0 Å². The van der Waals surface area contributed by atoms with Gasteiger partial charge < -0.3 is 19.7 Å². The highest BCUT2D eigenvalue weighted by atomic mass is 16.5. The second-order valence-corrected chi connectivity index (χ2v) is 6.10. The zero-order chi connectivity index (χ0) is 16.3. The number of aromatic nitrogens is 2. The number of benzene rings is 1. The SMILES string of the molecule is COc1cc(CCc2nc(C3(N)CCCC3)no2)cc(OC)c1. The van der Waals surface area contributed by atoms with Crippen molar-refractivity contribution in [2.75, 3.05) is 14.2 Å². The van der Waals surface area contributed by atoms with Gasteiger partial charge in [0.1, 0.15) is 11.5 Å². The average Bonchev–Trinajstić information content (AvgIpc) is 3.22. The summed E-state index contributed by atoms with van der Waals surface area (Å²) < 4.78 is 15.9. The number of hydrogen-bond donors (Lipinski definition) is 1. The van der Waals surface area contributed by atoms with Crippen molar-refractivity contribution in [3.63, 3.8) is 0 Å². The predicted octanol–water partition coefficient (Wildman–Crippen LogP) is 2.60. The van der Waals surface area contributed by atoms with Gasteiger partial charge in [0.2, 0.25) is 5.89 Å². The minimum atomic E-state index is -0.402. The average molecular weight is 317 g/mol. The van der Waals surface area contributed by atoms with Gasteiger partial charge in [-0.1, -0.05) is 18.0 Å². The number of nitrogens with zero attached hydrogens (tertiary/aromatic N) is 2. The second kappa shape index (κ2) is 6.58. The second-order valence-electron chi connectivity index (χ2n) is 6.10. The molecule has 1 heterocycles. The van der Waals surface area contributed by atoms with E-state index in [0.29, 0.717) is 18.1 Å². The highest BCUT2D eigenvalue weighted by Crippen LogP contribution is 2.34. The molecule has 0 amide bonds. The molecular formula is C17H23N3O3. The first kappa shape index (κ1) is 15.8. The van der Waals surface area contributed by atoms with Crippen molar-refractivity contribution in [2.45, 2.75) is 44.1 Å². The molecule has 0 bridgehead atoms. The summed E-state index contributed by atoms with van der Waals surface area (Å²) in [7, 11) is 3.29. The Morgan fingerprint density at radius 2 is 1.74 bits per heavy atom. The number of aryl methyl sites for hydroxylation is 2. The number of rotatable bonds is 6. The van der Waals surface area contributed by atoms with E-state index in [0.717, 1.165) is 49.2 Å². The van der Waals surface area contributed by atoms with Gasteiger partial charge in [-0.25, -0.2) is 0 Å². The van der Waals surface area contributed by atoms with Gasteiger partial charge in [-0.2, -0.15) is 4.98 Å². The molecule has 6 heteroatoms. The predicted molar refractivity (Wildman–Crippen MR) is 85.6 cm³/mol. The Labute approximate surface area is 136 Å². The third kappa shape index (κ3) is 3.47. The van der Waals surface area contributed by atoms with Crippen LogP contribution in [0.15, 0.2) is 22.7 Å². The fraction of sp³-hybridized carbons (Fsp3) is 0.529. The summed E-state index contributed by atoms with van der Waals surface area (Å²) >= 11 is 0. The molecule has 0 spiro atoms. The minimum absolute atomic E-state index is 0.402. The van der Waals surface area contributed by atoms with Crippen LogP contribution in [0.2, 0.25) is 0 Å². The summed E-state index contributed by atoms with van der Waals surface area (Å²) in [6.45, 7) is 0. The van der Waals surface area contributed by atoms with E-state index < -0.39 is 5.54 Å². The van der Waals surface area contributed by atoms with Gasteiger partial charge in [0.25, 0.3) is 0 Å². The zero-order valence-corrected chi connectivity index (χ0v) is 13.7. The van der Waals surface area contributed by atoms with Crippen molar-refractivity contribution in [3.8, 4) is 11.5 Å². The summed E-state index contributed by atoms with van der Waals surface area (Å²) in [5.74, 6) is 2.82. The van der Waals surface area contributed by atoms with Gasteiger partial charge in [-0.3, -0.25) is 0 Å². The van der Waals surface area contributed by atoms with E-state index in [9.17, 15) is 0 Å². The lowest BCUT2D eigenvalue weighted by molar-refractivity contribution is 0.348. The molecule has 1 saturated carbocycles. The first-order valence-corrected chi connectivity index (χ1v) is 7.97. The van der Waals surface area contributed by atoms with E-state index in [1.165, 1.54) is 0 Å². The quantitative estimate of drug-likeness (QED) is 0.881. The highest BCUT2D eigenvalue weighted by molar-refractivity contribution is 5.38. The molecule has 0 saturated heterocycles. The molecule has 0 unspecified atom stereocenters. The Hall–Kier alpha value is -2.08. The van der Waals surface area contributed by atoms with Crippen LogP contribution in [-0.2, 0) is 18.4 Å². The number of hydrogen-bond acceptors (Lipinski definition) is 6. The Morgan fingerprint density at radius 1 is 1.09 bits per heavy atom. The molecule has 124 valence electrons. The Kier molecular flexibility index (Phi) is 4.52. The molecule has 0 aliphatic heterocycles. The van der Waals surface area contributed by atoms with E-state index in [2.05, 4.69) is 10.1 Å². The van der Waals surface area contributed by atoms with Crippen LogP contribution in [0.3, 0.4) is 0 Å². The summed E-state index contributed by atoms with van der Waals surface area (Å²) in [5.41, 5.74) is 7.06. The van der Waals surface area contributed by atoms with Crippen molar-refractivity contribution in [3.05, 3.63) is 35.5 Å². The van der Waals surface area contributed by atoms with Crippen LogP contribution < -0.4 is 15.2 Å². The summed E-state index contributed by atoms with van der Waals surface area (Å²) in [6.07, 6.45) is 5.55. The molecule has 2 N–H and O–H groups in total. The highest BCUT2D eigenvalue weighted by Gasteiger charge is 2.35. The van der Waals surface area contributed by atoms with Crippen molar-refractivity contribution < 1.29 is 14.0 Å². The topological polar surface area (TPSA) is 83.4 Å². The van der Waals surface area contributed by atoms with Gasteiger partial charge in [0, 0.05) is 12.5 Å². The normalized spacial score (nSPS) is 16.5. The first-order valence-electron chi connectivity index (χ1n) is 7.97. The maximum absolute atomic E-state index is 6.36. The summed E-state index contributed by atoms with van der Waals surface area (Å²) in [4.78, 5) is 4.50. The maximum Gasteiger partial charge on any atom is 0.227 e. The van der Waals surface area contributed by atoms with E-state index in [1.54, 1.807) is 14.2 Å². The molecule has 1 aliphatic carbocycles. The fourth-order valence-electron chi connectivity index (χ4n) is 3.05. The van der Waals surface area contributed by atoms with Gasteiger partial charge in [-0.15, -0.1) is 0 Å². The Morgan fingerprint density at radius 3 is 2.35 bits per heavy atom. The summed E-state index contributed by atoms with van der Waals surface area (Å²) in [5, 5.41) is 4.09. The summed E-state index contributed by atoms with van der Waals surface area (Å²) in [6, 6.07) is 5.83. The van der Waals surface area contributed by atoms with Crippen molar-refractivity contribution in [1.82, 2.24) is 10.1 Å². The monoisotopic (exact) mass is 317 g/mol. The molecule has 1 aromatic heterocycles. The largest absolute Gasteiger partial charge is 0.497 e. The van der Waals surface area contributed by atoms with E-state index in [-0.39, 0.29) is 0 Å². The van der Waals surface area contributed by atoms with Crippen LogP contribution in [0, 0.1) is 0 Å².